The van der Waals surface area contributed by atoms with Gasteiger partial charge in [0.15, 0.2) is 0 Å². The van der Waals surface area contributed by atoms with Gasteiger partial charge < -0.3 is 5.32 Å². The van der Waals surface area contributed by atoms with Gasteiger partial charge in [-0.15, -0.1) is 0 Å². The van der Waals surface area contributed by atoms with Gasteiger partial charge in [0, 0.05) is 12.1 Å². The average molecular weight is 241 g/mol. The molecule has 2 rings (SSSR count). The van der Waals surface area contributed by atoms with Crippen LogP contribution in [-0.4, -0.2) is 24.1 Å². The second kappa shape index (κ2) is 5.77. The SMILES string of the molecule is CSCCC(C)NC1CCC12CCCCC2. The van der Waals surface area contributed by atoms with Crippen LogP contribution < -0.4 is 5.32 Å². The Morgan fingerprint density at radius 2 is 2.00 bits per heavy atom. The molecule has 16 heavy (non-hydrogen) atoms. The Labute approximate surface area is 105 Å². The predicted molar refractivity (Wildman–Crippen MR) is 74.1 cm³/mol. The smallest absolute Gasteiger partial charge is 0.0126 e. The van der Waals surface area contributed by atoms with Crippen LogP contribution >= 0.6 is 11.8 Å². The highest BCUT2D eigenvalue weighted by Crippen LogP contribution is 2.51. The van der Waals surface area contributed by atoms with Crippen molar-refractivity contribution in [1.82, 2.24) is 5.32 Å². The molecule has 0 aromatic rings. The van der Waals surface area contributed by atoms with E-state index in [2.05, 4.69) is 18.5 Å². The molecule has 0 aromatic heterocycles. The summed E-state index contributed by atoms with van der Waals surface area (Å²) < 4.78 is 0. The minimum atomic E-state index is 0.719. The third-order valence-electron chi connectivity index (χ3n) is 4.76. The van der Waals surface area contributed by atoms with E-state index in [9.17, 15) is 0 Å². The Balaban J connectivity index is 1.77. The molecule has 0 heterocycles. The van der Waals surface area contributed by atoms with Gasteiger partial charge >= 0.3 is 0 Å². The molecular formula is C14H27NS. The van der Waals surface area contributed by atoms with Crippen LogP contribution in [-0.2, 0) is 0 Å². The summed E-state index contributed by atoms with van der Waals surface area (Å²) in [5, 5.41) is 3.90. The maximum absolute atomic E-state index is 3.90. The molecule has 2 aliphatic carbocycles. The molecular weight excluding hydrogens is 214 g/mol. The summed E-state index contributed by atoms with van der Waals surface area (Å²) in [5.41, 5.74) is 0.728. The first kappa shape index (κ1) is 12.8. The van der Waals surface area contributed by atoms with Crippen LogP contribution in [0, 0.1) is 5.41 Å². The zero-order chi connectivity index (χ0) is 11.4. The van der Waals surface area contributed by atoms with Gasteiger partial charge in [0.1, 0.15) is 0 Å². The Bertz CT molecular complexity index is 211. The van der Waals surface area contributed by atoms with Crippen molar-refractivity contribution in [2.45, 2.75) is 70.4 Å². The largest absolute Gasteiger partial charge is 0.311 e. The Morgan fingerprint density at radius 3 is 2.56 bits per heavy atom. The van der Waals surface area contributed by atoms with E-state index in [1.54, 1.807) is 0 Å². The fraction of sp³-hybridized carbons (Fsp3) is 1.00. The van der Waals surface area contributed by atoms with Crippen molar-refractivity contribution in [3.8, 4) is 0 Å². The van der Waals surface area contributed by atoms with Crippen molar-refractivity contribution in [3.63, 3.8) is 0 Å². The van der Waals surface area contributed by atoms with Gasteiger partial charge in [0.05, 0.1) is 0 Å². The number of rotatable bonds is 5. The fourth-order valence-corrected chi connectivity index (χ4v) is 4.12. The predicted octanol–water partition coefficient (Wildman–Crippen LogP) is 3.83. The molecule has 2 heteroatoms. The first-order valence-corrected chi connectivity index (χ1v) is 8.41. The van der Waals surface area contributed by atoms with Crippen LogP contribution in [0.3, 0.4) is 0 Å². The highest BCUT2D eigenvalue weighted by molar-refractivity contribution is 7.98. The zero-order valence-electron chi connectivity index (χ0n) is 10.9. The van der Waals surface area contributed by atoms with Crippen molar-refractivity contribution in [1.29, 1.82) is 0 Å². The van der Waals surface area contributed by atoms with Gasteiger partial charge in [0.25, 0.3) is 0 Å². The summed E-state index contributed by atoms with van der Waals surface area (Å²) in [6.45, 7) is 2.37. The van der Waals surface area contributed by atoms with Crippen LogP contribution in [0.1, 0.15) is 58.3 Å². The van der Waals surface area contributed by atoms with Crippen molar-refractivity contribution in [3.05, 3.63) is 0 Å². The van der Waals surface area contributed by atoms with E-state index < -0.39 is 0 Å². The maximum atomic E-state index is 3.90. The lowest BCUT2D eigenvalue weighted by Gasteiger charge is -2.53. The Kier molecular flexibility index (Phi) is 4.60. The average Bonchev–Trinajstić information content (AvgIpc) is 2.33. The van der Waals surface area contributed by atoms with Gasteiger partial charge in [-0.05, 0) is 56.5 Å². The van der Waals surface area contributed by atoms with Gasteiger partial charge in [-0.1, -0.05) is 19.3 Å². The molecule has 0 amide bonds. The molecule has 1 N–H and O–H groups in total. The van der Waals surface area contributed by atoms with Crippen molar-refractivity contribution in [2.24, 2.45) is 5.41 Å². The van der Waals surface area contributed by atoms with Gasteiger partial charge in [-0.2, -0.15) is 11.8 Å². The molecule has 0 saturated heterocycles. The summed E-state index contributed by atoms with van der Waals surface area (Å²) in [6, 6.07) is 1.57. The Hall–Kier alpha value is 0.310. The van der Waals surface area contributed by atoms with Gasteiger partial charge in [-0.3, -0.25) is 0 Å². The summed E-state index contributed by atoms with van der Waals surface area (Å²) in [4.78, 5) is 0. The third kappa shape index (κ3) is 2.76. The minimum absolute atomic E-state index is 0.719. The first-order chi connectivity index (χ1) is 7.77. The van der Waals surface area contributed by atoms with E-state index in [1.165, 1.54) is 57.1 Å². The number of nitrogens with one attached hydrogen (secondary N) is 1. The monoisotopic (exact) mass is 241 g/mol. The lowest BCUT2D eigenvalue weighted by Crippen LogP contribution is -2.56. The molecule has 0 aromatic carbocycles. The van der Waals surface area contributed by atoms with Crippen molar-refractivity contribution in [2.75, 3.05) is 12.0 Å². The van der Waals surface area contributed by atoms with Crippen LogP contribution in [0.15, 0.2) is 0 Å². The van der Waals surface area contributed by atoms with E-state index >= 15 is 0 Å². The second-order valence-corrected chi connectivity index (χ2v) is 6.85. The Morgan fingerprint density at radius 1 is 1.25 bits per heavy atom. The molecule has 2 aliphatic rings. The second-order valence-electron chi connectivity index (χ2n) is 5.86. The van der Waals surface area contributed by atoms with Crippen LogP contribution in [0.4, 0.5) is 0 Å². The zero-order valence-corrected chi connectivity index (χ0v) is 11.7. The van der Waals surface area contributed by atoms with E-state index in [0.29, 0.717) is 0 Å². The summed E-state index contributed by atoms with van der Waals surface area (Å²) >= 11 is 1.97. The molecule has 0 bridgehead atoms. The van der Waals surface area contributed by atoms with Crippen LogP contribution in [0.5, 0.6) is 0 Å². The normalized spacial score (nSPS) is 30.0. The molecule has 1 nitrogen and oxygen atoms in total. The molecule has 2 saturated carbocycles. The molecule has 2 unspecified atom stereocenters. The highest BCUT2D eigenvalue weighted by Gasteiger charge is 2.46. The van der Waals surface area contributed by atoms with E-state index in [4.69, 9.17) is 0 Å². The third-order valence-corrected chi connectivity index (χ3v) is 5.40. The lowest BCUT2D eigenvalue weighted by atomic mass is 9.57. The molecule has 1 spiro atoms. The summed E-state index contributed by atoms with van der Waals surface area (Å²) in [5.74, 6) is 1.30. The molecule has 2 fully saturated rings. The van der Waals surface area contributed by atoms with Gasteiger partial charge in [0.2, 0.25) is 0 Å². The number of hydrogen-bond donors (Lipinski definition) is 1. The maximum Gasteiger partial charge on any atom is 0.0126 e. The molecule has 2 atom stereocenters. The summed E-state index contributed by atoms with van der Waals surface area (Å²) in [6.07, 6.45) is 13.9. The number of hydrogen-bond acceptors (Lipinski definition) is 2. The van der Waals surface area contributed by atoms with Gasteiger partial charge in [-0.25, -0.2) is 0 Å². The topological polar surface area (TPSA) is 12.0 Å². The van der Waals surface area contributed by atoms with Crippen LogP contribution in [0.25, 0.3) is 0 Å². The van der Waals surface area contributed by atoms with Crippen molar-refractivity contribution >= 4 is 11.8 Å². The quantitative estimate of drug-likeness (QED) is 0.785. The number of thioether (sulfide) groups is 1. The minimum Gasteiger partial charge on any atom is -0.311 e. The van der Waals surface area contributed by atoms with E-state index in [0.717, 1.165) is 17.5 Å². The first-order valence-electron chi connectivity index (χ1n) is 7.02. The molecule has 0 aliphatic heterocycles. The summed E-state index contributed by atoms with van der Waals surface area (Å²) in [7, 11) is 0. The van der Waals surface area contributed by atoms with Crippen molar-refractivity contribution < 1.29 is 0 Å². The lowest BCUT2D eigenvalue weighted by molar-refractivity contribution is 0.0174. The van der Waals surface area contributed by atoms with Crippen LogP contribution in [0.2, 0.25) is 0 Å². The highest BCUT2D eigenvalue weighted by atomic mass is 32.2. The standard InChI is InChI=1S/C14H27NS/c1-12(7-11-16-2)15-13-6-10-14(13)8-4-3-5-9-14/h12-13,15H,3-11H2,1-2H3. The fourth-order valence-electron chi connectivity index (χ4n) is 3.53. The van der Waals surface area contributed by atoms with E-state index in [1.807, 2.05) is 11.8 Å². The van der Waals surface area contributed by atoms with E-state index in [-0.39, 0.29) is 0 Å². The molecule has 0 radical (unpaired) electrons. The molecule has 94 valence electrons.